The lowest BCUT2D eigenvalue weighted by atomic mass is 9.92. The van der Waals surface area contributed by atoms with Gasteiger partial charge in [-0.15, -0.1) is 0 Å². The molecule has 116 valence electrons. The van der Waals surface area contributed by atoms with Crippen LogP contribution in [0.2, 0.25) is 0 Å². The fraction of sp³-hybridized carbons (Fsp3) is 0. The van der Waals surface area contributed by atoms with Gasteiger partial charge in [-0.05, 0) is 47.5 Å². The zero-order valence-corrected chi connectivity index (χ0v) is 13.5. The van der Waals surface area contributed by atoms with E-state index in [0.717, 1.165) is 39.4 Å². The maximum atomic E-state index is 5.95. The quantitative estimate of drug-likeness (QED) is 0.541. The van der Waals surface area contributed by atoms with Gasteiger partial charge in [0.2, 0.25) is 0 Å². The first-order valence-electron chi connectivity index (χ1n) is 8.00. The van der Waals surface area contributed by atoms with Crippen molar-refractivity contribution in [3.05, 3.63) is 85.2 Å². The highest BCUT2D eigenvalue weighted by atomic mass is 14.8. The van der Waals surface area contributed by atoms with E-state index in [-0.39, 0.29) is 0 Å². The Morgan fingerprint density at radius 3 is 1.72 bits per heavy atom. The molecule has 25 heavy (non-hydrogen) atoms. The van der Waals surface area contributed by atoms with E-state index in [0.29, 0.717) is 0 Å². The van der Waals surface area contributed by atoms with Crippen LogP contribution in [-0.4, -0.2) is 22.8 Å². The molecule has 0 saturated heterocycles. The molecule has 0 aliphatic heterocycles. The molecule has 1 aromatic carbocycles. The lowest BCUT2D eigenvalue weighted by molar-refractivity contribution is 1.22. The Balaban J connectivity index is 1.92. The van der Waals surface area contributed by atoms with Crippen LogP contribution in [-0.2, 0) is 0 Å². The third-order valence-corrected chi connectivity index (χ3v) is 3.90. The second-order valence-electron chi connectivity index (χ2n) is 5.68. The third-order valence-electron chi connectivity index (χ3n) is 3.90. The fourth-order valence-corrected chi connectivity index (χ4v) is 2.71. The van der Waals surface area contributed by atoms with Crippen LogP contribution >= 0.6 is 0 Å². The molecule has 0 unspecified atom stereocenters. The second kappa shape index (κ2) is 6.69. The summed E-state index contributed by atoms with van der Waals surface area (Å²) in [6.45, 7) is 0. The Bertz CT molecular complexity index is 944. The predicted molar refractivity (Wildman–Crippen MR) is 102 cm³/mol. The summed E-state index contributed by atoms with van der Waals surface area (Å²) < 4.78 is 0. The zero-order chi connectivity index (χ0) is 17.1. The molecular formula is C21H14BN3. The summed E-state index contributed by atoms with van der Waals surface area (Å²) in [5, 5.41) is 0. The lowest BCUT2D eigenvalue weighted by Crippen LogP contribution is -2.01. The Kier molecular flexibility index (Phi) is 4.09. The first kappa shape index (κ1) is 15.3. The van der Waals surface area contributed by atoms with Gasteiger partial charge < -0.3 is 0 Å². The molecule has 0 atom stereocenters. The molecule has 4 aromatic rings. The standard InChI is InChI=1S/C21H14BN3/c22-17-7-5-6-15(12-17)16-13-20(18-8-1-3-10-23-18)25-21(14-16)19-9-2-4-11-24-19/h1-14H. The largest absolute Gasteiger partial charge is 0.255 e. The maximum Gasteiger partial charge on any atom is 0.113 e. The Morgan fingerprint density at radius 2 is 1.20 bits per heavy atom. The van der Waals surface area contributed by atoms with E-state index in [1.165, 1.54) is 0 Å². The Morgan fingerprint density at radius 1 is 0.560 bits per heavy atom. The number of nitrogens with zero attached hydrogens (tertiary/aromatic N) is 3. The highest BCUT2D eigenvalue weighted by Gasteiger charge is 2.10. The van der Waals surface area contributed by atoms with E-state index >= 15 is 0 Å². The van der Waals surface area contributed by atoms with Crippen LogP contribution in [0.4, 0.5) is 0 Å². The van der Waals surface area contributed by atoms with Crippen LogP contribution in [0.1, 0.15) is 0 Å². The first-order valence-corrected chi connectivity index (χ1v) is 8.00. The van der Waals surface area contributed by atoms with Gasteiger partial charge in [0.1, 0.15) is 7.85 Å². The molecule has 4 heteroatoms. The molecule has 0 aliphatic carbocycles. The molecule has 3 aromatic heterocycles. The van der Waals surface area contributed by atoms with Crippen LogP contribution in [0.3, 0.4) is 0 Å². The van der Waals surface area contributed by atoms with Crippen molar-refractivity contribution in [3.8, 4) is 33.9 Å². The lowest BCUT2D eigenvalue weighted by Gasteiger charge is -2.10. The average Bonchev–Trinajstić information content (AvgIpc) is 2.69. The van der Waals surface area contributed by atoms with Crippen molar-refractivity contribution in [2.45, 2.75) is 0 Å². The molecule has 0 fully saturated rings. The van der Waals surface area contributed by atoms with E-state index < -0.39 is 0 Å². The Hall–Kier alpha value is -3.27. The van der Waals surface area contributed by atoms with Crippen LogP contribution in [0, 0.1) is 0 Å². The molecular weight excluding hydrogens is 305 g/mol. The number of pyridine rings is 3. The number of rotatable bonds is 3. The minimum Gasteiger partial charge on any atom is -0.255 e. The Labute approximate surface area is 147 Å². The van der Waals surface area contributed by atoms with Crippen molar-refractivity contribution in [1.82, 2.24) is 15.0 Å². The summed E-state index contributed by atoms with van der Waals surface area (Å²) in [5.41, 5.74) is 6.06. The van der Waals surface area contributed by atoms with E-state index in [2.05, 4.69) is 9.97 Å². The van der Waals surface area contributed by atoms with Gasteiger partial charge in [0.25, 0.3) is 0 Å². The molecule has 3 nitrogen and oxygen atoms in total. The van der Waals surface area contributed by atoms with Crippen LogP contribution in [0.15, 0.2) is 85.2 Å². The van der Waals surface area contributed by atoms with Crippen molar-refractivity contribution in [1.29, 1.82) is 0 Å². The molecule has 0 spiro atoms. The van der Waals surface area contributed by atoms with E-state index in [4.69, 9.17) is 12.8 Å². The maximum absolute atomic E-state index is 5.95. The van der Waals surface area contributed by atoms with Gasteiger partial charge in [-0.3, -0.25) is 9.97 Å². The summed E-state index contributed by atoms with van der Waals surface area (Å²) in [4.78, 5) is 13.6. The van der Waals surface area contributed by atoms with Gasteiger partial charge in [0.15, 0.2) is 0 Å². The van der Waals surface area contributed by atoms with Crippen molar-refractivity contribution >= 4 is 13.3 Å². The van der Waals surface area contributed by atoms with E-state index in [9.17, 15) is 0 Å². The summed E-state index contributed by atoms with van der Waals surface area (Å²) in [5.74, 6) is 0. The van der Waals surface area contributed by atoms with Crippen molar-refractivity contribution < 1.29 is 0 Å². The SMILES string of the molecule is [B]c1cccc(-c2cc(-c3ccccn3)nc(-c3ccccn3)c2)c1. The summed E-state index contributed by atoms with van der Waals surface area (Å²) in [7, 11) is 5.95. The highest BCUT2D eigenvalue weighted by Crippen LogP contribution is 2.28. The average molecular weight is 319 g/mol. The molecule has 0 amide bonds. The van der Waals surface area contributed by atoms with Gasteiger partial charge in [-0.2, -0.15) is 0 Å². The van der Waals surface area contributed by atoms with Gasteiger partial charge in [0, 0.05) is 12.4 Å². The molecule has 0 aliphatic rings. The van der Waals surface area contributed by atoms with Crippen LogP contribution < -0.4 is 5.46 Å². The van der Waals surface area contributed by atoms with Crippen molar-refractivity contribution in [2.24, 2.45) is 0 Å². The van der Waals surface area contributed by atoms with E-state index in [1.54, 1.807) is 12.4 Å². The highest BCUT2D eigenvalue weighted by molar-refractivity contribution is 6.32. The monoisotopic (exact) mass is 319 g/mol. The normalized spacial score (nSPS) is 10.6. The zero-order valence-electron chi connectivity index (χ0n) is 13.5. The fourth-order valence-electron chi connectivity index (χ4n) is 2.71. The number of hydrogen-bond acceptors (Lipinski definition) is 3. The second-order valence-corrected chi connectivity index (χ2v) is 5.68. The third kappa shape index (κ3) is 3.33. The molecule has 2 radical (unpaired) electrons. The summed E-state index contributed by atoms with van der Waals surface area (Å²) in [6.07, 6.45) is 3.54. The van der Waals surface area contributed by atoms with Crippen molar-refractivity contribution in [2.75, 3.05) is 0 Å². The van der Waals surface area contributed by atoms with Crippen LogP contribution in [0.25, 0.3) is 33.9 Å². The molecule has 0 bridgehead atoms. The number of benzene rings is 1. The summed E-state index contributed by atoms with van der Waals surface area (Å²) in [6, 6.07) is 23.5. The smallest absolute Gasteiger partial charge is 0.113 e. The molecule has 4 rings (SSSR count). The minimum atomic E-state index is 0.730. The van der Waals surface area contributed by atoms with Gasteiger partial charge in [0.05, 0.1) is 22.8 Å². The summed E-state index contributed by atoms with van der Waals surface area (Å²) >= 11 is 0. The van der Waals surface area contributed by atoms with Crippen molar-refractivity contribution in [3.63, 3.8) is 0 Å². The van der Waals surface area contributed by atoms with Gasteiger partial charge in [-0.1, -0.05) is 41.9 Å². The van der Waals surface area contributed by atoms with Gasteiger partial charge in [-0.25, -0.2) is 4.98 Å². The predicted octanol–water partition coefficient (Wildman–Crippen LogP) is 3.67. The number of hydrogen-bond donors (Lipinski definition) is 0. The van der Waals surface area contributed by atoms with Gasteiger partial charge >= 0.3 is 0 Å². The van der Waals surface area contributed by atoms with Crippen LogP contribution in [0.5, 0.6) is 0 Å². The minimum absolute atomic E-state index is 0.730. The topological polar surface area (TPSA) is 38.7 Å². The first-order chi connectivity index (χ1) is 12.3. The molecule has 0 saturated carbocycles. The number of aromatic nitrogens is 3. The molecule has 0 N–H and O–H groups in total. The molecule has 3 heterocycles. The van der Waals surface area contributed by atoms with E-state index in [1.807, 2.05) is 72.8 Å².